The van der Waals surface area contributed by atoms with Gasteiger partial charge < -0.3 is 15.3 Å². The maximum atomic E-state index is 13.1. The molecule has 3 rings (SSSR count). The van der Waals surface area contributed by atoms with Crippen molar-refractivity contribution in [2.45, 2.75) is 24.8 Å². The Morgan fingerprint density at radius 3 is 2.96 bits per heavy atom. The Kier molecular flexibility index (Phi) is 4.57. The van der Waals surface area contributed by atoms with Crippen molar-refractivity contribution < 1.29 is 18.7 Å². The molecule has 24 heavy (non-hydrogen) atoms. The normalized spacial score (nSPS) is 18.1. The van der Waals surface area contributed by atoms with E-state index in [0.717, 1.165) is 17.3 Å². The Hall–Kier alpha value is -2.35. The minimum absolute atomic E-state index is 0.483. The van der Waals surface area contributed by atoms with Gasteiger partial charge in [0.1, 0.15) is 24.8 Å². The zero-order chi connectivity index (χ0) is 17.2. The number of carbonyl (C=O) groups is 1. The number of nitrogens with one attached hydrogen (secondary N) is 1. The van der Waals surface area contributed by atoms with E-state index in [9.17, 15) is 13.6 Å². The third kappa shape index (κ3) is 3.28. The molecule has 6 nitrogen and oxygen atoms in total. The second-order valence-electron chi connectivity index (χ2n) is 5.80. The number of rotatable bonds is 5. The van der Waals surface area contributed by atoms with E-state index in [1.165, 1.54) is 6.33 Å². The van der Waals surface area contributed by atoms with Crippen molar-refractivity contribution in [2.24, 2.45) is 0 Å². The highest BCUT2D eigenvalue weighted by atomic mass is 19.3. The summed E-state index contributed by atoms with van der Waals surface area (Å²) in [6, 6.07) is 6.90. The summed E-state index contributed by atoms with van der Waals surface area (Å²) in [7, 11) is 0. The van der Waals surface area contributed by atoms with Crippen molar-refractivity contribution in [3.63, 3.8) is 0 Å². The number of hydrogen-bond acceptors (Lipinski definition) is 5. The fourth-order valence-electron chi connectivity index (χ4n) is 2.90. The summed E-state index contributed by atoms with van der Waals surface area (Å²) < 4.78 is 26.3. The number of benzene rings is 1. The molecular weight excluding hydrogens is 318 g/mol. The van der Waals surface area contributed by atoms with Crippen LogP contribution in [0.5, 0.6) is 0 Å². The van der Waals surface area contributed by atoms with E-state index in [0.29, 0.717) is 18.8 Å². The van der Waals surface area contributed by atoms with Gasteiger partial charge in [-0.3, -0.25) is 4.79 Å². The van der Waals surface area contributed by atoms with Gasteiger partial charge in [0.25, 0.3) is 5.92 Å². The minimum Gasteiger partial charge on any atom is -0.390 e. The predicted octanol–water partition coefficient (Wildman–Crippen LogP) is 1.34. The number of para-hydroxylation sites is 1. The number of hydrogen-bond donors (Lipinski definition) is 2. The first kappa shape index (κ1) is 16.5. The number of alkyl halides is 2. The van der Waals surface area contributed by atoms with Gasteiger partial charge in [0.2, 0.25) is 5.91 Å². The van der Waals surface area contributed by atoms with E-state index >= 15 is 0 Å². The molecule has 1 aliphatic heterocycles. The Morgan fingerprint density at radius 1 is 1.38 bits per heavy atom. The molecular formula is C16H18F2N4O2. The molecule has 1 aliphatic rings. The largest absolute Gasteiger partial charge is 0.390 e. The molecule has 0 bridgehead atoms. The number of aromatic nitrogens is 2. The summed E-state index contributed by atoms with van der Waals surface area (Å²) in [5, 5.41) is 11.6. The van der Waals surface area contributed by atoms with Gasteiger partial charge in [0.15, 0.2) is 0 Å². The van der Waals surface area contributed by atoms with Crippen LogP contribution in [0.2, 0.25) is 0 Å². The molecule has 1 unspecified atom stereocenters. The highest BCUT2D eigenvalue weighted by Crippen LogP contribution is 2.29. The SMILES string of the molecule is O=C(NCC(F)(F)CO)C1CCCN1c1ncnc2ccccc12. The van der Waals surface area contributed by atoms with E-state index in [1.54, 1.807) is 0 Å². The van der Waals surface area contributed by atoms with Crippen molar-refractivity contribution in [1.29, 1.82) is 0 Å². The van der Waals surface area contributed by atoms with Crippen LogP contribution < -0.4 is 10.2 Å². The average Bonchev–Trinajstić information content (AvgIpc) is 3.09. The molecule has 0 radical (unpaired) electrons. The Bertz CT molecular complexity index is 736. The number of halogens is 2. The zero-order valence-electron chi connectivity index (χ0n) is 13.0. The van der Waals surface area contributed by atoms with Gasteiger partial charge >= 0.3 is 0 Å². The van der Waals surface area contributed by atoms with E-state index in [1.807, 2.05) is 29.2 Å². The van der Waals surface area contributed by atoms with Crippen LogP contribution in [-0.2, 0) is 4.79 Å². The molecule has 8 heteroatoms. The van der Waals surface area contributed by atoms with Crippen LogP contribution in [0.25, 0.3) is 10.9 Å². The van der Waals surface area contributed by atoms with Crippen molar-refractivity contribution in [1.82, 2.24) is 15.3 Å². The van der Waals surface area contributed by atoms with Crippen molar-refractivity contribution >= 4 is 22.6 Å². The van der Waals surface area contributed by atoms with Gasteiger partial charge in [-0.05, 0) is 25.0 Å². The van der Waals surface area contributed by atoms with Gasteiger partial charge in [-0.1, -0.05) is 12.1 Å². The van der Waals surface area contributed by atoms with E-state index in [2.05, 4.69) is 15.3 Å². The van der Waals surface area contributed by atoms with Crippen LogP contribution in [0.3, 0.4) is 0 Å². The number of anilines is 1. The maximum Gasteiger partial charge on any atom is 0.287 e. The van der Waals surface area contributed by atoms with E-state index in [4.69, 9.17) is 5.11 Å². The van der Waals surface area contributed by atoms with E-state index in [-0.39, 0.29) is 0 Å². The summed E-state index contributed by atoms with van der Waals surface area (Å²) in [6.07, 6.45) is 2.77. The molecule has 1 saturated heterocycles. The van der Waals surface area contributed by atoms with Gasteiger partial charge in [-0.25, -0.2) is 18.7 Å². The number of aliphatic hydroxyl groups excluding tert-OH is 1. The fraction of sp³-hybridized carbons (Fsp3) is 0.438. The lowest BCUT2D eigenvalue weighted by atomic mass is 10.1. The summed E-state index contributed by atoms with van der Waals surface area (Å²) in [4.78, 5) is 22.6. The number of aliphatic hydroxyl groups is 1. The highest BCUT2D eigenvalue weighted by Gasteiger charge is 2.35. The number of fused-ring (bicyclic) bond motifs is 1. The molecule has 1 amide bonds. The Labute approximate surface area is 137 Å². The molecule has 2 heterocycles. The van der Waals surface area contributed by atoms with E-state index < -0.39 is 31.0 Å². The van der Waals surface area contributed by atoms with Crippen LogP contribution in [0.15, 0.2) is 30.6 Å². The second-order valence-corrected chi connectivity index (χ2v) is 5.80. The smallest absolute Gasteiger partial charge is 0.287 e. The van der Waals surface area contributed by atoms with Crippen molar-refractivity contribution in [2.75, 3.05) is 24.6 Å². The van der Waals surface area contributed by atoms with Crippen LogP contribution in [-0.4, -0.2) is 52.6 Å². The summed E-state index contributed by atoms with van der Waals surface area (Å²) in [6.45, 7) is -1.55. The first-order valence-electron chi connectivity index (χ1n) is 7.74. The van der Waals surface area contributed by atoms with Gasteiger partial charge in [-0.15, -0.1) is 0 Å². The first-order chi connectivity index (χ1) is 11.5. The summed E-state index contributed by atoms with van der Waals surface area (Å²) in [5.74, 6) is -3.17. The maximum absolute atomic E-state index is 13.1. The number of carbonyl (C=O) groups excluding carboxylic acids is 1. The standard InChI is InChI=1S/C16H18F2N4O2/c17-16(18,9-23)8-19-15(24)13-6-3-7-22(13)14-11-4-1-2-5-12(11)20-10-21-14/h1-2,4-5,10,13,23H,3,6-9H2,(H,19,24). The average molecular weight is 336 g/mol. The van der Waals surface area contributed by atoms with Gasteiger partial charge in [0.05, 0.1) is 12.1 Å². The van der Waals surface area contributed by atoms with Gasteiger partial charge in [-0.2, -0.15) is 0 Å². The number of amides is 1. The molecule has 1 fully saturated rings. The van der Waals surface area contributed by atoms with Crippen molar-refractivity contribution in [3.05, 3.63) is 30.6 Å². The molecule has 0 aliphatic carbocycles. The summed E-state index contributed by atoms with van der Waals surface area (Å²) in [5.41, 5.74) is 0.764. The molecule has 128 valence electrons. The topological polar surface area (TPSA) is 78.4 Å². The molecule has 2 aromatic rings. The lowest BCUT2D eigenvalue weighted by Gasteiger charge is -2.26. The highest BCUT2D eigenvalue weighted by molar-refractivity contribution is 5.93. The third-order valence-electron chi connectivity index (χ3n) is 4.10. The van der Waals surface area contributed by atoms with Crippen LogP contribution in [0, 0.1) is 0 Å². The first-order valence-corrected chi connectivity index (χ1v) is 7.74. The second kappa shape index (κ2) is 6.64. The third-order valence-corrected chi connectivity index (χ3v) is 4.10. The fourth-order valence-corrected chi connectivity index (χ4v) is 2.90. The molecule has 1 aromatic heterocycles. The van der Waals surface area contributed by atoms with Gasteiger partial charge in [0, 0.05) is 11.9 Å². The molecule has 0 saturated carbocycles. The Morgan fingerprint density at radius 2 is 2.17 bits per heavy atom. The van der Waals surface area contributed by atoms with Crippen LogP contribution >= 0.6 is 0 Å². The quantitative estimate of drug-likeness (QED) is 0.862. The lowest BCUT2D eigenvalue weighted by molar-refractivity contribution is -0.125. The van der Waals surface area contributed by atoms with Crippen LogP contribution in [0.1, 0.15) is 12.8 Å². The monoisotopic (exact) mass is 336 g/mol. The minimum atomic E-state index is -3.32. The predicted molar refractivity (Wildman–Crippen MR) is 84.9 cm³/mol. The van der Waals surface area contributed by atoms with Crippen molar-refractivity contribution in [3.8, 4) is 0 Å². The lowest BCUT2D eigenvalue weighted by Crippen LogP contribution is -2.48. The molecule has 1 atom stereocenters. The van der Waals surface area contributed by atoms with Crippen LogP contribution in [0.4, 0.5) is 14.6 Å². The molecule has 0 spiro atoms. The molecule has 1 aromatic carbocycles. The Balaban J connectivity index is 1.81. The number of nitrogens with zero attached hydrogens (tertiary/aromatic N) is 3. The zero-order valence-corrected chi connectivity index (χ0v) is 13.0. The molecule has 2 N–H and O–H groups in total. The summed E-state index contributed by atoms with van der Waals surface area (Å²) >= 11 is 0.